The van der Waals surface area contributed by atoms with E-state index < -0.39 is 0 Å². The minimum absolute atomic E-state index is 0.0326. The molecule has 5 nitrogen and oxygen atoms in total. The summed E-state index contributed by atoms with van der Waals surface area (Å²) in [7, 11) is 0. The Hall–Kier alpha value is -1.76. The van der Waals surface area contributed by atoms with E-state index in [0.717, 1.165) is 26.2 Å². The summed E-state index contributed by atoms with van der Waals surface area (Å²) in [4.78, 5) is 21.4. The number of fused-ring (bicyclic) bond motifs is 1. The Morgan fingerprint density at radius 3 is 2.92 bits per heavy atom. The maximum Gasteiger partial charge on any atom is 0.251 e. The van der Waals surface area contributed by atoms with E-state index in [1.807, 2.05) is 11.3 Å². The number of thiophene rings is 1. The van der Waals surface area contributed by atoms with Gasteiger partial charge in [-0.25, -0.2) is 0 Å². The highest BCUT2D eigenvalue weighted by atomic mass is 32.1. The number of rotatable bonds is 5. The van der Waals surface area contributed by atoms with Crippen LogP contribution < -0.4 is 5.32 Å². The number of aryl methyl sites for hydroxylation is 1. The molecule has 0 saturated carbocycles. The molecule has 2 aliphatic rings. The number of nitrogens with one attached hydrogen (secondary N) is 1. The average Bonchev–Trinajstić information content (AvgIpc) is 3.30. The largest absolute Gasteiger partial charge is 0.376 e. The van der Waals surface area contributed by atoms with E-state index in [4.69, 9.17) is 4.74 Å². The third-order valence-corrected chi connectivity index (χ3v) is 6.14. The number of ether oxygens (including phenoxy) is 1. The van der Waals surface area contributed by atoms with Gasteiger partial charge in [-0.05, 0) is 31.2 Å². The summed E-state index contributed by atoms with van der Waals surface area (Å²) in [5, 5.41) is 3.06. The summed E-state index contributed by atoms with van der Waals surface area (Å²) in [6.07, 6.45) is 3.60. The predicted molar refractivity (Wildman–Crippen MR) is 97.6 cm³/mol. The molecular formula is C19H23N3O2S. The molecule has 2 aliphatic heterocycles. The zero-order chi connectivity index (χ0) is 17.2. The molecule has 0 bridgehead atoms. The quantitative estimate of drug-likeness (QED) is 0.892. The Morgan fingerprint density at radius 2 is 2.16 bits per heavy atom. The van der Waals surface area contributed by atoms with E-state index in [1.165, 1.54) is 9.75 Å². The normalized spacial score (nSPS) is 25.9. The summed E-state index contributed by atoms with van der Waals surface area (Å²) in [5.41, 5.74) is 0.659. The van der Waals surface area contributed by atoms with Crippen LogP contribution in [-0.4, -0.2) is 48.1 Å². The predicted octanol–water partition coefficient (Wildman–Crippen LogP) is 2.33. The van der Waals surface area contributed by atoms with Gasteiger partial charge in [0.15, 0.2) is 0 Å². The van der Waals surface area contributed by atoms with Crippen molar-refractivity contribution in [3.8, 4) is 0 Å². The van der Waals surface area contributed by atoms with E-state index in [9.17, 15) is 4.79 Å². The second-order valence-electron chi connectivity index (χ2n) is 6.95. The van der Waals surface area contributed by atoms with Crippen LogP contribution in [0.25, 0.3) is 0 Å². The van der Waals surface area contributed by atoms with Gasteiger partial charge < -0.3 is 10.1 Å². The molecule has 0 radical (unpaired) electrons. The van der Waals surface area contributed by atoms with Gasteiger partial charge in [-0.3, -0.25) is 14.7 Å². The second-order valence-corrected chi connectivity index (χ2v) is 8.32. The Labute approximate surface area is 152 Å². The summed E-state index contributed by atoms with van der Waals surface area (Å²) in [5.74, 6) is 0.874. The van der Waals surface area contributed by atoms with Crippen LogP contribution in [0.4, 0.5) is 0 Å². The average molecular weight is 357 g/mol. The van der Waals surface area contributed by atoms with E-state index >= 15 is 0 Å². The number of aromatic nitrogens is 1. The number of hydrogen-bond acceptors (Lipinski definition) is 5. The first kappa shape index (κ1) is 16.7. The molecule has 1 N–H and O–H groups in total. The topological polar surface area (TPSA) is 54.5 Å². The number of likely N-dealkylation sites (tertiary alicyclic amines) is 1. The molecular weight excluding hydrogens is 334 g/mol. The highest BCUT2D eigenvalue weighted by molar-refractivity contribution is 7.11. The number of amides is 1. The molecule has 0 aromatic carbocycles. The molecule has 0 aliphatic carbocycles. The first-order valence-electron chi connectivity index (χ1n) is 8.76. The molecule has 2 aromatic heterocycles. The molecule has 3 atom stereocenters. The minimum Gasteiger partial charge on any atom is -0.376 e. The van der Waals surface area contributed by atoms with Crippen molar-refractivity contribution in [3.63, 3.8) is 0 Å². The zero-order valence-electron chi connectivity index (χ0n) is 14.4. The van der Waals surface area contributed by atoms with Crippen molar-refractivity contribution in [3.05, 3.63) is 52.0 Å². The Kier molecular flexibility index (Phi) is 4.83. The highest BCUT2D eigenvalue weighted by Gasteiger charge is 2.43. The number of carbonyl (C=O) groups is 1. The molecule has 1 amide bonds. The standard InChI is InChI=1S/C19H23N3O2S/c1-13-2-3-16(25-13)9-22-10-17-15(12-24-18(17)11-22)8-21-19(23)14-4-6-20-7-5-14/h2-7,15,17-18H,8-12H2,1H3,(H,21,23)/t15-,17-,18-/m1/s1. The van der Waals surface area contributed by atoms with E-state index in [-0.39, 0.29) is 5.91 Å². The molecule has 132 valence electrons. The van der Waals surface area contributed by atoms with Crippen molar-refractivity contribution in [1.29, 1.82) is 0 Å². The van der Waals surface area contributed by atoms with Crippen LogP contribution in [0.1, 0.15) is 20.1 Å². The fourth-order valence-electron chi connectivity index (χ4n) is 3.84. The van der Waals surface area contributed by atoms with Crippen LogP contribution >= 0.6 is 11.3 Å². The Morgan fingerprint density at radius 1 is 1.32 bits per heavy atom. The monoisotopic (exact) mass is 357 g/mol. The molecule has 0 unspecified atom stereocenters. The van der Waals surface area contributed by atoms with Crippen molar-refractivity contribution in [2.45, 2.75) is 19.6 Å². The number of pyridine rings is 1. The molecule has 2 aromatic rings. The van der Waals surface area contributed by atoms with Crippen molar-refractivity contribution in [1.82, 2.24) is 15.2 Å². The Bertz CT molecular complexity index is 733. The minimum atomic E-state index is -0.0326. The van der Waals surface area contributed by atoms with Crippen LogP contribution in [0, 0.1) is 18.8 Å². The lowest BCUT2D eigenvalue weighted by Gasteiger charge is -2.19. The van der Waals surface area contributed by atoms with E-state index in [1.54, 1.807) is 24.5 Å². The van der Waals surface area contributed by atoms with Crippen molar-refractivity contribution >= 4 is 17.2 Å². The summed E-state index contributed by atoms with van der Waals surface area (Å²) < 4.78 is 6.00. The first-order valence-corrected chi connectivity index (χ1v) is 9.58. The highest BCUT2D eigenvalue weighted by Crippen LogP contribution is 2.34. The van der Waals surface area contributed by atoms with Crippen LogP contribution in [-0.2, 0) is 11.3 Å². The maximum absolute atomic E-state index is 12.2. The van der Waals surface area contributed by atoms with Gasteiger partial charge >= 0.3 is 0 Å². The SMILES string of the molecule is Cc1ccc(CN2C[C@@H]3[C@H](CNC(=O)c4ccncc4)CO[C@@H]3C2)s1. The van der Waals surface area contributed by atoms with Gasteiger partial charge in [0.25, 0.3) is 5.91 Å². The van der Waals surface area contributed by atoms with Gasteiger partial charge in [-0.1, -0.05) is 0 Å². The van der Waals surface area contributed by atoms with Gasteiger partial charge in [0.2, 0.25) is 0 Å². The summed E-state index contributed by atoms with van der Waals surface area (Å²) in [6.45, 7) is 6.63. The van der Waals surface area contributed by atoms with Gasteiger partial charge in [0.05, 0.1) is 12.7 Å². The fourth-order valence-corrected chi connectivity index (χ4v) is 4.77. The molecule has 6 heteroatoms. The molecule has 2 fully saturated rings. The van der Waals surface area contributed by atoms with E-state index in [0.29, 0.717) is 30.0 Å². The molecule has 4 heterocycles. The lowest BCUT2D eigenvalue weighted by molar-refractivity contribution is 0.0904. The fraction of sp³-hybridized carbons (Fsp3) is 0.474. The third kappa shape index (κ3) is 3.76. The maximum atomic E-state index is 12.2. The first-order chi connectivity index (χ1) is 12.2. The zero-order valence-corrected chi connectivity index (χ0v) is 15.2. The van der Waals surface area contributed by atoms with Crippen molar-refractivity contribution in [2.24, 2.45) is 11.8 Å². The van der Waals surface area contributed by atoms with Crippen molar-refractivity contribution in [2.75, 3.05) is 26.2 Å². The van der Waals surface area contributed by atoms with Crippen molar-refractivity contribution < 1.29 is 9.53 Å². The lowest BCUT2D eigenvalue weighted by Crippen LogP contribution is -2.34. The van der Waals surface area contributed by atoms with Gasteiger partial charge in [-0.15, -0.1) is 11.3 Å². The third-order valence-electron chi connectivity index (χ3n) is 5.16. The van der Waals surface area contributed by atoms with Crippen LogP contribution in [0.15, 0.2) is 36.7 Å². The van der Waals surface area contributed by atoms with E-state index in [2.05, 4.69) is 34.3 Å². The molecule has 2 saturated heterocycles. The van der Waals surface area contributed by atoms with Gasteiger partial charge in [-0.2, -0.15) is 0 Å². The molecule has 0 spiro atoms. The Balaban J connectivity index is 1.30. The summed E-state index contributed by atoms with van der Waals surface area (Å²) in [6, 6.07) is 7.89. The van der Waals surface area contributed by atoms with Crippen LogP contribution in [0.2, 0.25) is 0 Å². The van der Waals surface area contributed by atoms with Crippen LogP contribution in [0.3, 0.4) is 0 Å². The van der Waals surface area contributed by atoms with Crippen LogP contribution in [0.5, 0.6) is 0 Å². The number of nitrogens with zero attached hydrogens (tertiary/aromatic N) is 2. The second kappa shape index (κ2) is 7.23. The lowest BCUT2D eigenvalue weighted by atomic mass is 9.93. The molecule has 25 heavy (non-hydrogen) atoms. The smallest absolute Gasteiger partial charge is 0.251 e. The number of carbonyl (C=O) groups excluding carboxylic acids is 1. The van der Waals surface area contributed by atoms with Gasteiger partial charge in [0.1, 0.15) is 0 Å². The number of hydrogen-bond donors (Lipinski definition) is 1. The van der Waals surface area contributed by atoms with Gasteiger partial charge in [0, 0.05) is 65.7 Å². The summed E-state index contributed by atoms with van der Waals surface area (Å²) >= 11 is 1.87. The molecule has 4 rings (SSSR count).